The Morgan fingerprint density at radius 2 is 1.97 bits per heavy atom. The molecule has 2 aliphatic rings. The van der Waals surface area contributed by atoms with Crippen molar-refractivity contribution in [2.45, 2.75) is 84.6 Å². The Balaban J connectivity index is 1.47. The van der Waals surface area contributed by atoms with Gasteiger partial charge in [-0.15, -0.1) is 0 Å². The highest BCUT2D eigenvalue weighted by Crippen LogP contribution is 2.42. The molecule has 3 heterocycles. The summed E-state index contributed by atoms with van der Waals surface area (Å²) in [4.78, 5) is 12.4. The fraction of sp³-hybridized carbons (Fsp3) is 0.517. The van der Waals surface area contributed by atoms with E-state index < -0.39 is 0 Å². The van der Waals surface area contributed by atoms with E-state index in [2.05, 4.69) is 62.4 Å². The van der Waals surface area contributed by atoms with Crippen LogP contribution in [0.1, 0.15) is 96.7 Å². The zero-order valence-electron chi connectivity index (χ0n) is 22.2. The topological polar surface area (TPSA) is 96.7 Å². The molecular weight excluding hydrogens is 446 g/mol. The van der Waals surface area contributed by atoms with E-state index in [1.807, 2.05) is 6.07 Å². The fourth-order valence-electron chi connectivity index (χ4n) is 5.98. The van der Waals surface area contributed by atoms with Crippen molar-refractivity contribution in [2.75, 3.05) is 23.7 Å². The number of nitrogens with zero attached hydrogens (tertiary/aromatic N) is 6. The lowest BCUT2D eigenvalue weighted by Gasteiger charge is -2.42. The second-order valence-electron chi connectivity index (χ2n) is 10.6. The summed E-state index contributed by atoms with van der Waals surface area (Å²) in [6, 6.07) is 8.99. The molecule has 0 saturated carbocycles. The predicted octanol–water partition coefficient (Wildman–Crippen LogP) is 5.15. The Labute approximate surface area is 214 Å². The smallest absolute Gasteiger partial charge is 0.135 e. The lowest BCUT2D eigenvalue weighted by atomic mass is 9.76. The van der Waals surface area contributed by atoms with Crippen LogP contribution in [0.3, 0.4) is 0 Å². The maximum Gasteiger partial charge on any atom is 0.135 e. The van der Waals surface area contributed by atoms with Gasteiger partial charge in [0.1, 0.15) is 17.7 Å². The maximum absolute atomic E-state index is 10.0. The third-order valence-electron chi connectivity index (χ3n) is 8.14. The van der Waals surface area contributed by atoms with Crippen molar-refractivity contribution < 1.29 is 0 Å². The molecule has 5 rings (SSSR count). The van der Waals surface area contributed by atoms with Gasteiger partial charge < -0.3 is 10.6 Å². The van der Waals surface area contributed by atoms with Crippen molar-refractivity contribution >= 4 is 11.5 Å². The van der Waals surface area contributed by atoms with Crippen LogP contribution in [0.25, 0.3) is 0 Å². The molecular formula is C29H37N7. The molecule has 1 saturated heterocycles. The Morgan fingerprint density at radius 1 is 1.19 bits per heavy atom. The summed E-state index contributed by atoms with van der Waals surface area (Å²) in [5, 5.41) is 14.7. The summed E-state index contributed by atoms with van der Waals surface area (Å²) in [5.74, 6) is 2.62. The summed E-state index contributed by atoms with van der Waals surface area (Å²) in [5.41, 5.74) is 14.6. The molecule has 36 heavy (non-hydrogen) atoms. The molecule has 0 spiro atoms. The molecule has 1 aromatic carbocycles. The first-order chi connectivity index (χ1) is 17.3. The number of rotatable bonds is 6. The monoisotopic (exact) mass is 483 g/mol. The van der Waals surface area contributed by atoms with Crippen LogP contribution in [0.5, 0.6) is 0 Å². The molecule has 7 nitrogen and oxygen atoms in total. The lowest BCUT2D eigenvalue weighted by Crippen LogP contribution is -2.49. The minimum Gasteiger partial charge on any atom is -0.398 e. The number of nitriles is 1. The van der Waals surface area contributed by atoms with E-state index >= 15 is 0 Å². The van der Waals surface area contributed by atoms with E-state index in [1.54, 1.807) is 0 Å². The second-order valence-corrected chi connectivity index (χ2v) is 10.6. The largest absolute Gasteiger partial charge is 0.398 e. The van der Waals surface area contributed by atoms with E-state index in [9.17, 15) is 5.26 Å². The van der Waals surface area contributed by atoms with Crippen molar-refractivity contribution in [3.8, 4) is 6.07 Å². The van der Waals surface area contributed by atoms with E-state index in [4.69, 9.17) is 20.8 Å². The molecule has 0 bridgehead atoms. The number of benzene rings is 1. The van der Waals surface area contributed by atoms with E-state index in [0.29, 0.717) is 23.2 Å². The second kappa shape index (κ2) is 9.57. The minimum absolute atomic E-state index is 0.242. The van der Waals surface area contributed by atoms with Gasteiger partial charge in [-0.3, -0.25) is 4.68 Å². The quantitative estimate of drug-likeness (QED) is 0.487. The fourth-order valence-corrected chi connectivity index (χ4v) is 5.98. The normalized spacial score (nSPS) is 18.4. The first-order valence-electron chi connectivity index (χ1n) is 13.3. The van der Waals surface area contributed by atoms with Crippen LogP contribution in [0, 0.1) is 25.2 Å². The van der Waals surface area contributed by atoms with Crippen molar-refractivity contribution in [1.82, 2.24) is 19.7 Å². The summed E-state index contributed by atoms with van der Waals surface area (Å²) in [6.07, 6.45) is 4.56. The van der Waals surface area contributed by atoms with Crippen molar-refractivity contribution in [3.63, 3.8) is 0 Å². The van der Waals surface area contributed by atoms with Crippen LogP contribution < -0.4 is 10.6 Å². The summed E-state index contributed by atoms with van der Waals surface area (Å²) in [6.45, 7) is 12.6. The number of hydrogen-bond acceptors (Lipinski definition) is 6. The van der Waals surface area contributed by atoms with Gasteiger partial charge in [0, 0.05) is 36.5 Å². The van der Waals surface area contributed by atoms with Crippen LogP contribution in [0.4, 0.5) is 11.5 Å². The molecule has 1 aliphatic heterocycles. The highest BCUT2D eigenvalue weighted by molar-refractivity contribution is 5.63. The minimum atomic E-state index is 0.242. The standard InChI is InChI=1S/C29H37N7/c1-6-17(3)22-10-11-25(31)24(14-30)28(22)20-8-9-23-26(13-20)32-27(7-2)33-29(23)35-15-21(16-35)36-19(5)12-18(4)34-36/h10-12,17,20-21H,6-9,13,15-16,31H2,1-5H3. The molecule has 2 unspecified atom stereocenters. The number of hydrogen-bond donors (Lipinski definition) is 1. The van der Waals surface area contributed by atoms with Crippen LogP contribution in [-0.4, -0.2) is 32.8 Å². The maximum atomic E-state index is 10.0. The zero-order chi connectivity index (χ0) is 25.6. The molecule has 0 radical (unpaired) electrons. The molecule has 0 amide bonds. The van der Waals surface area contributed by atoms with E-state index in [0.717, 1.165) is 73.8 Å². The van der Waals surface area contributed by atoms with E-state index in [-0.39, 0.29) is 5.92 Å². The van der Waals surface area contributed by atoms with Gasteiger partial charge in [0.15, 0.2) is 0 Å². The molecule has 1 fully saturated rings. The van der Waals surface area contributed by atoms with Crippen LogP contribution in [0.2, 0.25) is 0 Å². The molecule has 2 N–H and O–H groups in total. The van der Waals surface area contributed by atoms with Gasteiger partial charge in [-0.25, -0.2) is 9.97 Å². The number of aromatic nitrogens is 4. The van der Waals surface area contributed by atoms with Gasteiger partial charge in [0.05, 0.1) is 23.0 Å². The SMILES string of the molecule is CCc1nc2c(c(N3CC(n4nc(C)cc4C)C3)n1)CCC(c1c(C(C)CC)ccc(N)c1C#N)C2. The van der Waals surface area contributed by atoms with Crippen molar-refractivity contribution in [2.24, 2.45) is 0 Å². The summed E-state index contributed by atoms with van der Waals surface area (Å²) in [7, 11) is 0. The highest BCUT2D eigenvalue weighted by Gasteiger charge is 2.36. The van der Waals surface area contributed by atoms with Gasteiger partial charge in [-0.05, 0) is 74.6 Å². The van der Waals surface area contributed by atoms with Gasteiger partial charge in [0.2, 0.25) is 0 Å². The number of nitrogens with two attached hydrogens (primary N) is 1. The van der Waals surface area contributed by atoms with Gasteiger partial charge in [0.25, 0.3) is 0 Å². The number of fused-ring (bicyclic) bond motifs is 1. The third kappa shape index (κ3) is 4.13. The number of anilines is 2. The number of aryl methyl sites for hydroxylation is 3. The first kappa shape index (κ1) is 24.3. The zero-order valence-corrected chi connectivity index (χ0v) is 22.2. The van der Waals surface area contributed by atoms with Gasteiger partial charge in [-0.2, -0.15) is 10.4 Å². The molecule has 188 valence electrons. The Kier molecular flexibility index (Phi) is 6.46. The third-order valence-corrected chi connectivity index (χ3v) is 8.14. The summed E-state index contributed by atoms with van der Waals surface area (Å²) >= 11 is 0. The molecule has 3 aromatic rings. The van der Waals surface area contributed by atoms with Crippen LogP contribution in [0.15, 0.2) is 18.2 Å². The average molecular weight is 484 g/mol. The van der Waals surface area contributed by atoms with Crippen molar-refractivity contribution in [3.05, 3.63) is 63.4 Å². The van der Waals surface area contributed by atoms with Gasteiger partial charge >= 0.3 is 0 Å². The number of nitrogen functional groups attached to an aromatic ring is 1. The predicted molar refractivity (Wildman–Crippen MR) is 143 cm³/mol. The Morgan fingerprint density at radius 3 is 2.61 bits per heavy atom. The van der Waals surface area contributed by atoms with Crippen LogP contribution in [-0.2, 0) is 19.3 Å². The lowest BCUT2D eigenvalue weighted by molar-refractivity contribution is 0.357. The highest BCUT2D eigenvalue weighted by atomic mass is 15.4. The first-order valence-corrected chi connectivity index (χ1v) is 13.3. The molecule has 2 aromatic heterocycles. The molecule has 7 heteroatoms. The van der Waals surface area contributed by atoms with Crippen LogP contribution >= 0.6 is 0 Å². The van der Waals surface area contributed by atoms with Crippen molar-refractivity contribution in [1.29, 1.82) is 5.26 Å². The molecule has 2 atom stereocenters. The Hall–Kier alpha value is -3.40. The Bertz CT molecular complexity index is 1330. The average Bonchev–Trinajstić information content (AvgIpc) is 3.18. The summed E-state index contributed by atoms with van der Waals surface area (Å²) < 4.78 is 2.16. The van der Waals surface area contributed by atoms with E-state index in [1.165, 1.54) is 16.8 Å². The molecule has 1 aliphatic carbocycles. The van der Waals surface area contributed by atoms with Gasteiger partial charge in [-0.1, -0.05) is 26.8 Å².